The highest BCUT2D eigenvalue weighted by Gasteiger charge is 2.10. The van der Waals surface area contributed by atoms with E-state index < -0.39 is 5.97 Å². The number of halogens is 1. The van der Waals surface area contributed by atoms with Crippen LogP contribution in [0.3, 0.4) is 0 Å². The van der Waals surface area contributed by atoms with Crippen molar-refractivity contribution >= 4 is 21.9 Å². The van der Waals surface area contributed by atoms with Crippen LogP contribution in [0.4, 0.5) is 0 Å². The average molecular weight is 287 g/mol. The number of ether oxygens (including phenoxy) is 1. The van der Waals surface area contributed by atoms with E-state index >= 15 is 0 Å². The minimum absolute atomic E-state index is 0.104. The van der Waals surface area contributed by atoms with E-state index in [4.69, 9.17) is 9.84 Å². The van der Waals surface area contributed by atoms with Gasteiger partial charge in [0.1, 0.15) is 5.75 Å². The standard InChI is InChI=1S/C12H15BrO3/c1-3-4-8(2)16-9-5-6-11(13)10(7-9)12(14)15/h5-8H,3-4H2,1-2H3,(H,14,15). The Balaban J connectivity index is 2.82. The molecule has 0 saturated heterocycles. The molecule has 1 N–H and O–H groups in total. The second kappa shape index (κ2) is 5.89. The summed E-state index contributed by atoms with van der Waals surface area (Å²) in [4.78, 5) is 10.9. The molecule has 1 atom stereocenters. The van der Waals surface area contributed by atoms with Gasteiger partial charge in [0.25, 0.3) is 0 Å². The Labute approximate surface area is 104 Å². The lowest BCUT2D eigenvalue weighted by Gasteiger charge is -2.14. The second-order valence-electron chi connectivity index (χ2n) is 3.66. The Kier molecular flexibility index (Phi) is 4.80. The number of benzene rings is 1. The van der Waals surface area contributed by atoms with E-state index in [0.717, 1.165) is 12.8 Å². The molecule has 1 unspecified atom stereocenters. The summed E-state index contributed by atoms with van der Waals surface area (Å²) in [6, 6.07) is 5.00. The number of rotatable bonds is 5. The topological polar surface area (TPSA) is 46.5 Å². The lowest BCUT2D eigenvalue weighted by Crippen LogP contribution is -2.11. The Morgan fingerprint density at radius 3 is 2.81 bits per heavy atom. The van der Waals surface area contributed by atoms with Crippen molar-refractivity contribution in [3.8, 4) is 5.75 Å². The molecule has 0 aliphatic rings. The highest BCUT2D eigenvalue weighted by molar-refractivity contribution is 9.10. The quantitative estimate of drug-likeness (QED) is 0.897. The Hall–Kier alpha value is -1.03. The van der Waals surface area contributed by atoms with Crippen molar-refractivity contribution in [2.75, 3.05) is 0 Å². The van der Waals surface area contributed by atoms with Gasteiger partial charge >= 0.3 is 5.97 Å². The summed E-state index contributed by atoms with van der Waals surface area (Å²) in [7, 11) is 0. The van der Waals surface area contributed by atoms with Gasteiger partial charge in [-0.3, -0.25) is 0 Å². The van der Waals surface area contributed by atoms with Gasteiger partial charge in [0.2, 0.25) is 0 Å². The molecule has 0 amide bonds. The predicted molar refractivity (Wildman–Crippen MR) is 66.1 cm³/mol. The maximum Gasteiger partial charge on any atom is 0.336 e. The van der Waals surface area contributed by atoms with Crippen LogP contribution in [0.2, 0.25) is 0 Å². The molecule has 0 saturated carbocycles. The molecule has 0 radical (unpaired) electrons. The zero-order valence-corrected chi connectivity index (χ0v) is 11.0. The number of hydrogen-bond acceptors (Lipinski definition) is 2. The molecule has 4 heteroatoms. The molecule has 0 aromatic heterocycles. The number of carbonyl (C=O) groups is 1. The summed E-state index contributed by atoms with van der Waals surface area (Å²) < 4.78 is 6.18. The summed E-state index contributed by atoms with van der Waals surface area (Å²) in [5.41, 5.74) is 0.223. The van der Waals surface area contributed by atoms with Gasteiger partial charge in [0.05, 0.1) is 11.7 Å². The van der Waals surface area contributed by atoms with E-state index in [0.29, 0.717) is 10.2 Å². The Morgan fingerprint density at radius 2 is 2.25 bits per heavy atom. The van der Waals surface area contributed by atoms with Gasteiger partial charge in [-0.2, -0.15) is 0 Å². The summed E-state index contributed by atoms with van der Waals surface area (Å²) in [6.45, 7) is 4.07. The molecule has 0 fully saturated rings. The number of carboxylic acids is 1. The van der Waals surface area contributed by atoms with Crippen LogP contribution in [0.5, 0.6) is 5.75 Å². The van der Waals surface area contributed by atoms with Crippen molar-refractivity contribution < 1.29 is 14.6 Å². The summed E-state index contributed by atoms with van der Waals surface area (Å²) >= 11 is 3.19. The van der Waals surface area contributed by atoms with Crippen LogP contribution in [0.1, 0.15) is 37.0 Å². The molecular weight excluding hydrogens is 272 g/mol. The molecule has 1 aromatic rings. The SMILES string of the molecule is CCCC(C)Oc1ccc(Br)c(C(=O)O)c1. The van der Waals surface area contributed by atoms with Gasteiger partial charge in [-0.05, 0) is 47.5 Å². The largest absolute Gasteiger partial charge is 0.491 e. The molecule has 0 aliphatic carbocycles. The van der Waals surface area contributed by atoms with Crippen LogP contribution in [0, 0.1) is 0 Å². The molecule has 16 heavy (non-hydrogen) atoms. The van der Waals surface area contributed by atoms with Crippen molar-refractivity contribution in [2.45, 2.75) is 32.8 Å². The van der Waals surface area contributed by atoms with Crippen molar-refractivity contribution in [3.05, 3.63) is 28.2 Å². The minimum atomic E-state index is -0.958. The average Bonchev–Trinajstić information content (AvgIpc) is 2.21. The third kappa shape index (κ3) is 3.52. The fraction of sp³-hybridized carbons (Fsp3) is 0.417. The van der Waals surface area contributed by atoms with Gasteiger partial charge in [0, 0.05) is 4.47 Å². The van der Waals surface area contributed by atoms with E-state index in [1.54, 1.807) is 18.2 Å². The second-order valence-corrected chi connectivity index (χ2v) is 4.52. The first-order valence-electron chi connectivity index (χ1n) is 5.24. The zero-order chi connectivity index (χ0) is 12.1. The molecular formula is C12H15BrO3. The van der Waals surface area contributed by atoms with E-state index in [2.05, 4.69) is 22.9 Å². The first-order valence-corrected chi connectivity index (χ1v) is 6.03. The smallest absolute Gasteiger partial charge is 0.336 e. The van der Waals surface area contributed by atoms with E-state index in [9.17, 15) is 4.79 Å². The third-order valence-corrected chi connectivity index (χ3v) is 2.89. The van der Waals surface area contributed by atoms with Crippen molar-refractivity contribution in [1.29, 1.82) is 0 Å². The first-order chi connectivity index (χ1) is 7.54. The summed E-state index contributed by atoms with van der Waals surface area (Å²) in [5.74, 6) is -0.359. The van der Waals surface area contributed by atoms with Crippen molar-refractivity contribution in [1.82, 2.24) is 0 Å². The van der Waals surface area contributed by atoms with Crippen molar-refractivity contribution in [2.24, 2.45) is 0 Å². The van der Waals surface area contributed by atoms with Crippen LogP contribution in [-0.4, -0.2) is 17.2 Å². The van der Waals surface area contributed by atoms with Crippen molar-refractivity contribution in [3.63, 3.8) is 0 Å². The van der Waals surface area contributed by atoms with E-state index in [1.807, 2.05) is 6.92 Å². The van der Waals surface area contributed by atoms with Gasteiger partial charge in [-0.15, -0.1) is 0 Å². The van der Waals surface area contributed by atoms with Crippen LogP contribution in [0.15, 0.2) is 22.7 Å². The van der Waals surface area contributed by atoms with E-state index in [1.165, 1.54) is 0 Å². The lowest BCUT2D eigenvalue weighted by molar-refractivity contribution is 0.0695. The van der Waals surface area contributed by atoms with Gasteiger partial charge in [-0.25, -0.2) is 4.79 Å². The Morgan fingerprint density at radius 1 is 1.56 bits per heavy atom. The Bertz CT molecular complexity index is 377. The number of carboxylic acid groups (broad SMARTS) is 1. The highest BCUT2D eigenvalue weighted by atomic mass is 79.9. The van der Waals surface area contributed by atoms with Crippen LogP contribution >= 0.6 is 15.9 Å². The highest BCUT2D eigenvalue weighted by Crippen LogP contribution is 2.23. The predicted octanol–water partition coefficient (Wildman–Crippen LogP) is 3.71. The number of aromatic carboxylic acids is 1. The molecule has 1 rings (SSSR count). The van der Waals surface area contributed by atoms with Crippen LogP contribution in [0.25, 0.3) is 0 Å². The minimum Gasteiger partial charge on any atom is -0.491 e. The number of hydrogen-bond donors (Lipinski definition) is 1. The van der Waals surface area contributed by atoms with Crippen LogP contribution in [-0.2, 0) is 0 Å². The molecule has 0 spiro atoms. The van der Waals surface area contributed by atoms with Gasteiger partial charge in [0.15, 0.2) is 0 Å². The van der Waals surface area contributed by atoms with Gasteiger partial charge < -0.3 is 9.84 Å². The fourth-order valence-electron chi connectivity index (χ4n) is 1.44. The zero-order valence-electron chi connectivity index (χ0n) is 9.37. The lowest BCUT2D eigenvalue weighted by atomic mass is 10.2. The van der Waals surface area contributed by atoms with Gasteiger partial charge in [-0.1, -0.05) is 13.3 Å². The van der Waals surface area contributed by atoms with Crippen LogP contribution < -0.4 is 4.74 Å². The molecule has 88 valence electrons. The maximum absolute atomic E-state index is 10.9. The molecule has 0 aliphatic heterocycles. The maximum atomic E-state index is 10.9. The normalized spacial score (nSPS) is 12.2. The summed E-state index contributed by atoms with van der Waals surface area (Å²) in [5, 5.41) is 8.94. The van der Waals surface area contributed by atoms with E-state index in [-0.39, 0.29) is 11.7 Å². The fourth-order valence-corrected chi connectivity index (χ4v) is 1.86. The molecule has 0 bridgehead atoms. The molecule has 3 nitrogen and oxygen atoms in total. The monoisotopic (exact) mass is 286 g/mol. The molecule has 0 heterocycles. The first kappa shape index (κ1) is 13.0. The third-order valence-electron chi connectivity index (χ3n) is 2.20. The molecule has 1 aromatic carbocycles. The summed E-state index contributed by atoms with van der Waals surface area (Å²) in [6.07, 6.45) is 2.11.